The molecule has 1 aromatic heterocycles. The number of amides is 1. The minimum atomic E-state index is -0.143. The van der Waals surface area contributed by atoms with Gasteiger partial charge in [-0.2, -0.15) is 0 Å². The van der Waals surface area contributed by atoms with Crippen LogP contribution in [0.1, 0.15) is 15.9 Å². The number of benzene rings is 1. The van der Waals surface area contributed by atoms with Crippen LogP contribution in [0.5, 0.6) is 0 Å². The molecule has 2 nitrogen and oxygen atoms in total. The van der Waals surface area contributed by atoms with Gasteiger partial charge in [0.25, 0.3) is 5.91 Å². The molecule has 2 rings (SSSR count). The lowest BCUT2D eigenvalue weighted by molar-refractivity contribution is 0.102. The van der Waals surface area contributed by atoms with Gasteiger partial charge in [-0.1, -0.05) is 12.1 Å². The molecule has 0 fully saturated rings. The largest absolute Gasteiger partial charge is 0.322 e. The molecule has 94 valence electrons. The number of carbonyl (C=O) groups is 1. The fourth-order valence-electron chi connectivity index (χ4n) is 1.43. The summed E-state index contributed by atoms with van der Waals surface area (Å²) in [6.07, 6.45) is 0. The summed E-state index contributed by atoms with van der Waals surface area (Å²) in [5.74, 6) is 0.285. The van der Waals surface area contributed by atoms with Crippen LogP contribution >= 0.6 is 54.8 Å². The number of halogens is 3. The maximum Gasteiger partial charge on any atom is 0.257 e. The minimum absolute atomic E-state index is 0.143. The second kappa shape index (κ2) is 6.19. The molecular weight excluding hydrogens is 401 g/mol. The second-order valence-electron chi connectivity index (χ2n) is 3.53. The molecule has 1 amide bonds. The zero-order valence-electron chi connectivity index (χ0n) is 9.04. The quantitative estimate of drug-likeness (QED) is 0.688. The van der Waals surface area contributed by atoms with E-state index in [1.807, 2.05) is 24.3 Å². The van der Waals surface area contributed by atoms with Gasteiger partial charge >= 0.3 is 0 Å². The van der Waals surface area contributed by atoms with E-state index in [1.165, 1.54) is 11.3 Å². The van der Waals surface area contributed by atoms with Crippen molar-refractivity contribution in [3.63, 3.8) is 0 Å². The van der Waals surface area contributed by atoms with E-state index in [4.69, 9.17) is 11.6 Å². The van der Waals surface area contributed by atoms with Crippen LogP contribution < -0.4 is 5.32 Å². The molecule has 0 spiro atoms. The van der Waals surface area contributed by atoms with Crippen molar-refractivity contribution in [2.75, 3.05) is 5.32 Å². The lowest BCUT2D eigenvalue weighted by atomic mass is 10.2. The normalized spacial score (nSPS) is 10.4. The maximum atomic E-state index is 12.1. The van der Waals surface area contributed by atoms with Crippen LogP contribution in [0.3, 0.4) is 0 Å². The van der Waals surface area contributed by atoms with Gasteiger partial charge in [0.05, 0.1) is 13.1 Å². The molecule has 0 saturated heterocycles. The molecule has 0 bridgehead atoms. The van der Waals surface area contributed by atoms with Crippen LogP contribution in [0.15, 0.2) is 37.9 Å². The predicted octanol–water partition coefficient (Wildman–Crippen LogP) is 5.26. The third kappa shape index (κ3) is 3.35. The number of thiophene rings is 1. The summed E-state index contributed by atoms with van der Waals surface area (Å²) in [6, 6.07) is 9.27. The van der Waals surface area contributed by atoms with Gasteiger partial charge in [0.2, 0.25) is 0 Å². The minimum Gasteiger partial charge on any atom is -0.322 e. The summed E-state index contributed by atoms with van der Waals surface area (Å²) < 4.78 is 1.72. The smallest absolute Gasteiger partial charge is 0.257 e. The molecule has 0 aliphatic heterocycles. The number of nitrogens with one attached hydrogen (secondary N) is 1. The molecule has 2 aromatic rings. The lowest BCUT2D eigenvalue weighted by Crippen LogP contribution is -2.11. The zero-order valence-corrected chi connectivity index (χ0v) is 13.8. The van der Waals surface area contributed by atoms with Crippen LogP contribution in [-0.4, -0.2) is 5.91 Å². The maximum absolute atomic E-state index is 12.1. The number of carbonyl (C=O) groups excluding carboxylic acids is 1. The van der Waals surface area contributed by atoms with Crippen molar-refractivity contribution in [3.8, 4) is 0 Å². The molecular formula is C12H8Br2ClNOS. The fourth-order valence-corrected chi connectivity index (χ4v) is 4.39. The van der Waals surface area contributed by atoms with E-state index >= 15 is 0 Å². The Balaban J connectivity index is 2.18. The Morgan fingerprint density at radius 3 is 2.72 bits per heavy atom. The van der Waals surface area contributed by atoms with Crippen molar-refractivity contribution in [1.82, 2.24) is 0 Å². The van der Waals surface area contributed by atoms with E-state index in [9.17, 15) is 4.79 Å². The van der Waals surface area contributed by atoms with Crippen molar-refractivity contribution in [2.45, 2.75) is 5.88 Å². The topological polar surface area (TPSA) is 29.1 Å². The molecule has 6 heteroatoms. The Hall–Kier alpha value is -0.360. The van der Waals surface area contributed by atoms with E-state index in [2.05, 4.69) is 37.2 Å². The molecule has 18 heavy (non-hydrogen) atoms. The number of alkyl halides is 1. The van der Waals surface area contributed by atoms with Gasteiger partial charge in [0, 0.05) is 11.6 Å². The first kappa shape index (κ1) is 14.1. The Morgan fingerprint density at radius 2 is 2.11 bits per heavy atom. The monoisotopic (exact) mass is 407 g/mol. The Morgan fingerprint density at radius 1 is 1.33 bits per heavy atom. The van der Waals surface area contributed by atoms with Crippen LogP contribution in [0.2, 0.25) is 0 Å². The van der Waals surface area contributed by atoms with Crippen molar-refractivity contribution in [2.24, 2.45) is 0 Å². The third-order valence-electron chi connectivity index (χ3n) is 2.24. The third-order valence-corrected chi connectivity index (χ3v) is 4.89. The van der Waals surface area contributed by atoms with E-state index in [-0.39, 0.29) is 5.91 Å². The van der Waals surface area contributed by atoms with Crippen molar-refractivity contribution >= 4 is 66.4 Å². The summed E-state index contributed by atoms with van der Waals surface area (Å²) in [7, 11) is 0. The zero-order chi connectivity index (χ0) is 13.1. The first-order valence-corrected chi connectivity index (χ1v) is 7.95. The Labute approximate surface area is 131 Å². The van der Waals surface area contributed by atoms with Crippen molar-refractivity contribution < 1.29 is 4.79 Å². The molecule has 1 N–H and O–H groups in total. The molecule has 1 aromatic carbocycles. The first-order chi connectivity index (χ1) is 8.60. The van der Waals surface area contributed by atoms with Crippen LogP contribution in [-0.2, 0) is 5.88 Å². The molecule has 0 unspecified atom stereocenters. The standard InChI is InChI=1S/C12H8Br2ClNOS/c13-10-5-9(11(14)18-10)12(17)16-8-3-1-2-7(4-8)6-15/h1-5H,6H2,(H,16,17). The number of hydrogen-bond acceptors (Lipinski definition) is 2. The molecule has 1 heterocycles. The van der Waals surface area contributed by atoms with Gasteiger partial charge in [-0.05, 0) is 55.6 Å². The molecule has 0 radical (unpaired) electrons. The number of hydrogen-bond donors (Lipinski definition) is 1. The SMILES string of the molecule is O=C(Nc1cccc(CCl)c1)c1cc(Br)sc1Br. The summed E-state index contributed by atoms with van der Waals surface area (Å²) >= 11 is 13.9. The molecule has 0 saturated carbocycles. The highest BCUT2D eigenvalue weighted by Crippen LogP contribution is 2.32. The Bertz CT molecular complexity index is 585. The van der Waals surface area contributed by atoms with Gasteiger partial charge in [0.1, 0.15) is 0 Å². The van der Waals surface area contributed by atoms with Crippen molar-refractivity contribution in [3.05, 3.63) is 49.0 Å². The first-order valence-electron chi connectivity index (χ1n) is 5.01. The van der Waals surface area contributed by atoms with Crippen molar-refractivity contribution in [1.29, 1.82) is 0 Å². The fraction of sp³-hybridized carbons (Fsp3) is 0.0833. The van der Waals surface area contributed by atoms with Crippen LogP contribution in [0.4, 0.5) is 5.69 Å². The van der Waals surface area contributed by atoms with Gasteiger partial charge < -0.3 is 5.32 Å². The van der Waals surface area contributed by atoms with E-state index in [0.29, 0.717) is 11.4 Å². The molecule has 0 atom stereocenters. The summed E-state index contributed by atoms with van der Waals surface area (Å²) in [5, 5.41) is 2.85. The van der Waals surface area contributed by atoms with Crippen LogP contribution in [0.25, 0.3) is 0 Å². The lowest BCUT2D eigenvalue weighted by Gasteiger charge is -2.05. The Kier molecular flexibility index (Phi) is 4.84. The molecule has 0 aliphatic rings. The highest BCUT2D eigenvalue weighted by atomic mass is 79.9. The predicted molar refractivity (Wildman–Crippen MR) is 83.7 cm³/mol. The summed E-state index contributed by atoms with van der Waals surface area (Å²) in [5.41, 5.74) is 2.33. The number of rotatable bonds is 3. The number of anilines is 1. The van der Waals surface area contributed by atoms with Gasteiger partial charge in [0.15, 0.2) is 0 Å². The van der Waals surface area contributed by atoms with Gasteiger partial charge in [-0.25, -0.2) is 0 Å². The summed E-state index contributed by atoms with van der Waals surface area (Å²) in [6.45, 7) is 0. The van der Waals surface area contributed by atoms with E-state index in [0.717, 1.165) is 18.8 Å². The van der Waals surface area contributed by atoms with Gasteiger partial charge in [-0.3, -0.25) is 4.79 Å². The van der Waals surface area contributed by atoms with E-state index in [1.54, 1.807) is 6.07 Å². The average molecular weight is 410 g/mol. The second-order valence-corrected chi connectivity index (χ2v) is 7.54. The van der Waals surface area contributed by atoms with E-state index < -0.39 is 0 Å². The van der Waals surface area contributed by atoms with Gasteiger partial charge in [-0.15, -0.1) is 22.9 Å². The highest BCUT2D eigenvalue weighted by Gasteiger charge is 2.13. The van der Waals surface area contributed by atoms with Crippen LogP contribution in [0, 0.1) is 0 Å². The highest BCUT2D eigenvalue weighted by molar-refractivity contribution is 9.12. The average Bonchev–Trinajstić information content (AvgIpc) is 2.69. The summed E-state index contributed by atoms with van der Waals surface area (Å²) in [4.78, 5) is 12.1. The molecule has 0 aliphatic carbocycles.